The lowest BCUT2D eigenvalue weighted by molar-refractivity contribution is 0.195. The Morgan fingerprint density at radius 2 is 2.22 bits per heavy atom. The zero-order valence-electron chi connectivity index (χ0n) is 10.1. The number of ether oxygens (including phenoxy) is 1. The molecule has 1 atom stereocenters. The summed E-state index contributed by atoms with van der Waals surface area (Å²) in [7, 11) is 0. The van der Waals surface area contributed by atoms with Crippen LogP contribution in [0.2, 0.25) is 0 Å². The highest BCUT2D eigenvalue weighted by Gasteiger charge is 2.14. The number of aromatic nitrogens is 3. The maximum Gasteiger partial charge on any atom is 0.137 e. The van der Waals surface area contributed by atoms with Crippen molar-refractivity contribution in [1.29, 1.82) is 0 Å². The fourth-order valence-corrected chi connectivity index (χ4v) is 2.09. The molecule has 5 nitrogen and oxygen atoms in total. The molecule has 5 heteroatoms. The van der Waals surface area contributed by atoms with Gasteiger partial charge >= 0.3 is 0 Å². The molecule has 0 spiro atoms. The molecule has 0 bridgehead atoms. The quantitative estimate of drug-likeness (QED) is 0.886. The first-order valence-electron chi connectivity index (χ1n) is 6.16. The summed E-state index contributed by atoms with van der Waals surface area (Å²) in [6.07, 6.45) is 4.36. The maximum absolute atomic E-state index is 5.34. The van der Waals surface area contributed by atoms with Crippen LogP contribution < -0.4 is 5.32 Å². The summed E-state index contributed by atoms with van der Waals surface area (Å²) in [6.45, 7) is 2.43. The van der Waals surface area contributed by atoms with Gasteiger partial charge in [-0.05, 0) is 24.1 Å². The van der Waals surface area contributed by atoms with Crippen LogP contribution in [0.3, 0.4) is 0 Å². The normalized spacial score (nSPS) is 19.0. The third-order valence-corrected chi connectivity index (χ3v) is 3.07. The second kappa shape index (κ2) is 5.18. The zero-order chi connectivity index (χ0) is 12.2. The Kier molecular flexibility index (Phi) is 3.23. The van der Waals surface area contributed by atoms with Gasteiger partial charge in [0.25, 0.3) is 0 Å². The zero-order valence-corrected chi connectivity index (χ0v) is 10.1. The monoisotopic (exact) mass is 244 g/mol. The van der Waals surface area contributed by atoms with Crippen LogP contribution in [0.1, 0.15) is 12.0 Å². The Morgan fingerprint density at radius 1 is 1.33 bits per heavy atom. The van der Waals surface area contributed by atoms with Crippen molar-refractivity contribution in [2.24, 2.45) is 0 Å². The molecular weight excluding hydrogens is 228 g/mol. The Hall–Kier alpha value is -1.88. The van der Waals surface area contributed by atoms with Crippen molar-refractivity contribution in [3.63, 3.8) is 0 Å². The van der Waals surface area contributed by atoms with E-state index in [1.807, 2.05) is 4.68 Å². The molecule has 1 aliphatic rings. The topological polar surface area (TPSA) is 52.0 Å². The molecule has 1 aromatic heterocycles. The van der Waals surface area contributed by atoms with Crippen molar-refractivity contribution >= 4 is 5.69 Å². The summed E-state index contributed by atoms with van der Waals surface area (Å²) in [5.41, 5.74) is 2.36. The molecule has 0 radical (unpaired) electrons. The molecule has 1 unspecified atom stereocenters. The SMILES string of the molecule is c1ncn(Cc2ccc(NC3CCOC3)cc2)n1. The van der Waals surface area contributed by atoms with E-state index in [1.54, 1.807) is 12.7 Å². The molecule has 2 heterocycles. The van der Waals surface area contributed by atoms with Gasteiger partial charge in [-0.3, -0.25) is 0 Å². The summed E-state index contributed by atoms with van der Waals surface area (Å²) in [5, 5.41) is 7.56. The van der Waals surface area contributed by atoms with Crippen LogP contribution in [0.25, 0.3) is 0 Å². The van der Waals surface area contributed by atoms with E-state index in [9.17, 15) is 0 Å². The van der Waals surface area contributed by atoms with Crippen LogP contribution in [-0.4, -0.2) is 34.0 Å². The van der Waals surface area contributed by atoms with E-state index in [0.29, 0.717) is 6.04 Å². The lowest BCUT2D eigenvalue weighted by Gasteiger charge is -2.12. The van der Waals surface area contributed by atoms with Gasteiger partial charge in [-0.15, -0.1) is 0 Å². The van der Waals surface area contributed by atoms with E-state index < -0.39 is 0 Å². The maximum atomic E-state index is 5.34. The minimum absolute atomic E-state index is 0.450. The molecule has 3 rings (SSSR count). The van der Waals surface area contributed by atoms with E-state index >= 15 is 0 Å². The fraction of sp³-hybridized carbons (Fsp3) is 0.385. The van der Waals surface area contributed by atoms with Crippen LogP contribution in [0, 0.1) is 0 Å². The molecule has 0 amide bonds. The van der Waals surface area contributed by atoms with E-state index in [1.165, 1.54) is 5.56 Å². The molecule has 2 aromatic rings. The first-order chi connectivity index (χ1) is 8.90. The van der Waals surface area contributed by atoms with Gasteiger partial charge in [0.1, 0.15) is 12.7 Å². The van der Waals surface area contributed by atoms with E-state index in [4.69, 9.17) is 4.74 Å². The molecule has 1 fully saturated rings. The van der Waals surface area contributed by atoms with Gasteiger partial charge in [0.15, 0.2) is 0 Å². The van der Waals surface area contributed by atoms with Crippen molar-refractivity contribution in [2.45, 2.75) is 19.0 Å². The van der Waals surface area contributed by atoms with Gasteiger partial charge in [-0.2, -0.15) is 5.10 Å². The number of hydrogen-bond donors (Lipinski definition) is 1. The Morgan fingerprint density at radius 3 is 2.89 bits per heavy atom. The number of nitrogens with zero attached hydrogens (tertiary/aromatic N) is 3. The highest BCUT2D eigenvalue weighted by Crippen LogP contribution is 2.15. The second-order valence-electron chi connectivity index (χ2n) is 4.49. The lowest BCUT2D eigenvalue weighted by atomic mass is 10.2. The van der Waals surface area contributed by atoms with Gasteiger partial charge in [-0.25, -0.2) is 9.67 Å². The molecule has 1 aromatic carbocycles. The number of hydrogen-bond acceptors (Lipinski definition) is 4. The van der Waals surface area contributed by atoms with Gasteiger partial charge in [0, 0.05) is 12.3 Å². The first kappa shape index (κ1) is 11.2. The van der Waals surface area contributed by atoms with Crippen molar-refractivity contribution in [1.82, 2.24) is 14.8 Å². The second-order valence-corrected chi connectivity index (χ2v) is 4.49. The van der Waals surface area contributed by atoms with Gasteiger partial charge in [0.2, 0.25) is 0 Å². The fourth-order valence-electron chi connectivity index (χ4n) is 2.09. The van der Waals surface area contributed by atoms with Crippen LogP contribution in [0.4, 0.5) is 5.69 Å². The molecule has 18 heavy (non-hydrogen) atoms. The molecule has 0 aliphatic carbocycles. The molecule has 94 valence electrons. The van der Waals surface area contributed by atoms with Crippen LogP contribution in [0.15, 0.2) is 36.9 Å². The number of nitrogens with one attached hydrogen (secondary N) is 1. The van der Waals surface area contributed by atoms with Crippen molar-refractivity contribution in [3.05, 3.63) is 42.5 Å². The van der Waals surface area contributed by atoms with E-state index in [-0.39, 0.29) is 0 Å². The predicted octanol–water partition coefficient (Wildman–Crippen LogP) is 1.53. The van der Waals surface area contributed by atoms with Crippen LogP contribution in [-0.2, 0) is 11.3 Å². The summed E-state index contributed by atoms with van der Waals surface area (Å²) in [6, 6.07) is 8.88. The van der Waals surface area contributed by atoms with Gasteiger partial charge < -0.3 is 10.1 Å². The average Bonchev–Trinajstić information content (AvgIpc) is 3.05. The average molecular weight is 244 g/mol. The molecule has 0 saturated carbocycles. The van der Waals surface area contributed by atoms with Crippen molar-refractivity contribution in [3.8, 4) is 0 Å². The third kappa shape index (κ3) is 2.68. The highest BCUT2D eigenvalue weighted by atomic mass is 16.5. The van der Waals surface area contributed by atoms with Crippen LogP contribution in [0.5, 0.6) is 0 Å². The van der Waals surface area contributed by atoms with Gasteiger partial charge in [-0.1, -0.05) is 12.1 Å². The lowest BCUT2D eigenvalue weighted by Crippen LogP contribution is -2.18. The van der Waals surface area contributed by atoms with Crippen molar-refractivity contribution < 1.29 is 4.74 Å². The largest absolute Gasteiger partial charge is 0.380 e. The number of rotatable bonds is 4. The Labute approximate surface area is 106 Å². The summed E-state index contributed by atoms with van der Waals surface area (Å²) < 4.78 is 7.15. The molecule has 1 N–H and O–H groups in total. The third-order valence-electron chi connectivity index (χ3n) is 3.07. The summed E-state index contributed by atoms with van der Waals surface area (Å²) >= 11 is 0. The number of anilines is 1. The standard InChI is InChI=1S/C13H16N4O/c1-3-12(16-13-5-6-18-8-13)4-2-11(1)7-17-10-14-9-15-17/h1-4,9-10,13,16H,5-8H2. The first-order valence-corrected chi connectivity index (χ1v) is 6.16. The smallest absolute Gasteiger partial charge is 0.137 e. The molecular formula is C13H16N4O. The van der Waals surface area contributed by atoms with E-state index in [2.05, 4.69) is 39.7 Å². The minimum Gasteiger partial charge on any atom is -0.380 e. The highest BCUT2D eigenvalue weighted by molar-refractivity contribution is 5.45. The Bertz CT molecular complexity index is 474. The summed E-state index contributed by atoms with van der Waals surface area (Å²) in [4.78, 5) is 3.93. The predicted molar refractivity (Wildman–Crippen MR) is 68.4 cm³/mol. The summed E-state index contributed by atoms with van der Waals surface area (Å²) in [5.74, 6) is 0. The van der Waals surface area contributed by atoms with Gasteiger partial charge in [0.05, 0.1) is 19.2 Å². The minimum atomic E-state index is 0.450. The van der Waals surface area contributed by atoms with Crippen molar-refractivity contribution in [2.75, 3.05) is 18.5 Å². The van der Waals surface area contributed by atoms with E-state index in [0.717, 1.165) is 31.9 Å². The molecule has 1 saturated heterocycles. The number of benzene rings is 1. The molecule has 1 aliphatic heterocycles. The van der Waals surface area contributed by atoms with Crippen LogP contribution >= 0.6 is 0 Å². The Balaban J connectivity index is 1.61.